The molecular formula is C32H41N2O5S+. The average Bonchev–Trinajstić information content (AvgIpc) is 3.25. The van der Waals surface area contributed by atoms with Crippen LogP contribution in [0, 0.1) is 0 Å². The van der Waals surface area contributed by atoms with Crippen molar-refractivity contribution in [2.75, 3.05) is 36.9 Å². The van der Waals surface area contributed by atoms with Crippen molar-refractivity contribution in [2.24, 2.45) is 0 Å². The van der Waals surface area contributed by atoms with Crippen LogP contribution in [0.4, 0.5) is 5.69 Å². The van der Waals surface area contributed by atoms with Gasteiger partial charge in [-0.05, 0) is 85.9 Å². The first-order valence-electron chi connectivity index (χ1n) is 14.3. The van der Waals surface area contributed by atoms with Crippen molar-refractivity contribution in [1.29, 1.82) is 0 Å². The van der Waals surface area contributed by atoms with Crippen LogP contribution in [-0.2, 0) is 31.5 Å². The maximum Gasteiger partial charge on any atom is 0.305 e. The Kier molecular flexibility index (Phi) is 7.24. The summed E-state index contributed by atoms with van der Waals surface area (Å²) in [5.41, 5.74) is 6.42. The first-order chi connectivity index (χ1) is 18.7. The summed E-state index contributed by atoms with van der Waals surface area (Å²) in [5.74, 6) is -0.661. The van der Waals surface area contributed by atoms with Gasteiger partial charge in [0.25, 0.3) is 10.1 Å². The summed E-state index contributed by atoms with van der Waals surface area (Å²) in [4.78, 5) is 14.3. The van der Waals surface area contributed by atoms with Gasteiger partial charge >= 0.3 is 5.97 Å². The summed E-state index contributed by atoms with van der Waals surface area (Å²) in [5, 5.41) is 2.53. The fourth-order valence-electron chi connectivity index (χ4n) is 6.80. The highest BCUT2D eigenvalue weighted by Crippen LogP contribution is 2.45. The van der Waals surface area contributed by atoms with E-state index in [4.69, 9.17) is 4.74 Å². The number of carbonyl (C=O) groups is 1. The SMILES string of the molecule is CCOC(=O)CCCN1c2cc3c(cc2C(CS(=O)(=O)O)=CC1(C)C)C=c1cc2c(cc1C3(C)C)=[N+](CC)CC2. The van der Waals surface area contributed by atoms with Crippen molar-refractivity contribution in [3.05, 3.63) is 68.7 Å². The van der Waals surface area contributed by atoms with Crippen molar-refractivity contribution in [3.8, 4) is 0 Å². The van der Waals surface area contributed by atoms with Crippen LogP contribution in [0.25, 0.3) is 11.6 Å². The quantitative estimate of drug-likeness (QED) is 0.300. The van der Waals surface area contributed by atoms with E-state index in [1.54, 1.807) is 6.92 Å². The molecule has 0 atom stereocenters. The Morgan fingerprint density at radius 1 is 1.10 bits per heavy atom. The molecule has 0 unspecified atom stereocenters. The van der Waals surface area contributed by atoms with Crippen molar-refractivity contribution in [3.63, 3.8) is 0 Å². The van der Waals surface area contributed by atoms with E-state index in [9.17, 15) is 17.8 Å². The molecule has 3 aliphatic rings. The molecular weight excluding hydrogens is 524 g/mol. The lowest BCUT2D eigenvalue weighted by Crippen LogP contribution is -2.46. The van der Waals surface area contributed by atoms with Gasteiger partial charge in [-0.2, -0.15) is 8.42 Å². The third-order valence-corrected chi connectivity index (χ3v) is 9.39. The minimum atomic E-state index is -4.24. The molecule has 7 nitrogen and oxygen atoms in total. The van der Waals surface area contributed by atoms with E-state index >= 15 is 0 Å². The minimum absolute atomic E-state index is 0.216. The Labute approximate surface area is 237 Å². The number of carbonyl (C=O) groups excluding carboxylic acids is 1. The number of fused-ring (bicyclic) bond motifs is 4. The molecule has 5 rings (SSSR count). The second kappa shape index (κ2) is 10.1. The fraction of sp³-hybridized carbons (Fsp3) is 0.500. The van der Waals surface area contributed by atoms with Gasteiger partial charge < -0.3 is 9.64 Å². The topological polar surface area (TPSA) is 86.9 Å². The Hall–Kier alpha value is -2.97. The van der Waals surface area contributed by atoms with Crippen LogP contribution in [0.2, 0.25) is 0 Å². The zero-order valence-electron chi connectivity index (χ0n) is 24.5. The number of nitrogens with zero attached hydrogens (tertiary/aromatic N) is 2. The molecule has 8 heteroatoms. The maximum atomic E-state index is 12.1. The monoisotopic (exact) mass is 565 g/mol. The molecule has 0 aromatic heterocycles. The molecule has 2 aromatic carbocycles. The second-order valence-electron chi connectivity index (χ2n) is 12.2. The lowest BCUT2D eigenvalue weighted by Gasteiger charge is -2.45. The van der Waals surface area contributed by atoms with Gasteiger partial charge in [0.05, 0.1) is 12.1 Å². The molecule has 2 aromatic rings. The predicted octanol–water partition coefficient (Wildman–Crippen LogP) is 3.43. The third-order valence-electron chi connectivity index (χ3n) is 8.72. The van der Waals surface area contributed by atoms with E-state index in [0.29, 0.717) is 31.6 Å². The largest absolute Gasteiger partial charge is 0.466 e. The second-order valence-corrected chi connectivity index (χ2v) is 13.7. The molecule has 0 saturated carbocycles. The van der Waals surface area contributed by atoms with Gasteiger partial charge in [-0.3, -0.25) is 9.35 Å². The zero-order chi connectivity index (χ0) is 29.0. The summed E-state index contributed by atoms with van der Waals surface area (Å²) in [6.45, 7) is 15.6. The summed E-state index contributed by atoms with van der Waals surface area (Å²) >= 11 is 0. The lowest BCUT2D eigenvalue weighted by molar-refractivity contribution is -0.143. The van der Waals surface area contributed by atoms with Crippen LogP contribution in [0.1, 0.15) is 82.2 Å². The van der Waals surface area contributed by atoms with Gasteiger partial charge in [0, 0.05) is 47.7 Å². The van der Waals surface area contributed by atoms with E-state index in [0.717, 1.165) is 36.3 Å². The van der Waals surface area contributed by atoms with Gasteiger partial charge in [0.2, 0.25) is 5.36 Å². The number of benzene rings is 2. The van der Waals surface area contributed by atoms with Crippen LogP contribution in [0.15, 0.2) is 30.3 Å². The van der Waals surface area contributed by atoms with Crippen LogP contribution in [0.5, 0.6) is 0 Å². The maximum absolute atomic E-state index is 12.1. The van der Waals surface area contributed by atoms with Gasteiger partial charge in [0.1, 0.15) is 18.8 Å². The molecule has 0 bridgehead atoms. The minimum Gasteiger partial charge on any atom is -0.466 e. The van der Waals surface area contributed by atoms with Gasteiger partial charge in [-0.25, -0.2) is 4.58 Å². The number of hydrogen-bond donors (Lipinski definition) is 1. The molecule has 0 fully saturated rings. The zero-order valence-corrected chi connectivity index (χ0v) is 25.3. The first-order valence-corrected chi connectivity index (χ1v) is 15.9. The van der Waals surface area contributed by atoms with Crippen LogP contribution in [0.3, 0.4) is 0 Å². The highest BCUT2D eigenvalue weighted by Gasteiger charge is 2.38. The van der Waals surface area contributed by atoms with Gasteiger partial charge in [-0.1, -0.05) is 19.9 Å². The summed E-state index contributed by atoms with van der Waals surface area (Å²) < 4.78 is 41.5. The lowest BCUT2D eigenvalue weighted by atomic mass is 9.70. The molecule has 0 saturated heterocycles. The van der Waals surface area contributed by atoms with Crippen LogP contribution < -0.4 is 20.1 Å². The summed E-state index contributed by atoms with van der Waals surface area (Å²) in [6, 6.07) is 8.98. The van der Waals surface area contributed by atoms with Crippen molar-refractivity contribution in [1.82, 2.24) is 4.58 Å². The highest BCUT2D eigenvalue weighted by molar-refractivity contribution is 7.86. The smallest absolute Gasteiger partial charge is 0.305 e. The Morgan fingerprint density at radius 2 is 1.85 bits per heavy atom. The Morgan fingerprint density at radius 3 is 2.52 bits per heavy atom. The molecule has 0 radical (unpaired) electrons. The van der Waals surface area contributed by atoms with Crippen molar-refractivity contribution < 1.29 is 22.5 Å². The van der Waals surface area contributed by atoms with Gasteiger partial charge in [0.15, 0.2) is 0 Å². The van der Waals surface area contributed by atoms with Crippen LogP contribution >= 0.6 is 0 Å². The summed E-state index contributed by atoms with van der Waals surface area (Å²) in [6.07, 6.45) is 6.12. The van der Waals surface area contributed by atoms with E-state index < -0.39 is 21.4 Å². The number of hydrogen-bond acceptors (Lipinski definition) is 5. The first kappa shape index (κ1) is 28.6. The number of ether oxygens (including phenoxy) is 1. The molecule has 2 heterocycles. The molecule has 1 N–H and O–H groups in total. The standard InChI is InChI=1S/C32H40N2O5S/c1-7-33-13-11-21-14-22-15-23-16-25-24(20-40(36,37)38)19-31(3,4)34(12-9-10-30(35)39-8-2)29(25)18-27(23)32(5,6)26(22)17-28(21)33/h14-19H,7-13,20H2,1-6H3/p+1. The van der Waals surface area contributed by atoms with E-state index in [1.165, 1.54) is 27.3 Å². The Bertz CT molecular complexity index is 1650. The molecule has 0 amide bonds. The molecule has 1 aliphatic carbocycles. The van der Waals surface area contributed by atoms with E-state index in [-0.39, 0.29) is 11.4 Å². The van der Waals surface area contributed by atoms with Gasteiger partial charge in [-0.15, -0.1) is 0 Å². The molecule has 2 aliphatic heterocycles. The van der Waals surface area contributed by atoms with Crippen LogP contribution in [-0.4, -0.2) is 56.5 Å². The number of likely N-dealkylation sites (N-methyl/N-ethyl adjacent to an activating group) is 1. The fourth-order valence-corrected chi connectivity index (χ4v) is 7.43. The summed E-state index contributed by atoms with van der Waals surface area (Å²) in [7, 11) is -4.24. The number of anilines is 1. The Balaban J connectivity index is 1.67. The van der Waals surface area contributed by atoms with E-state index in [1.807, 2.05) is 19.9 Å². The third kappa shape index (κ3) is 5.12. The van der Waals surface area contributed by atoms with Crippen molar-refractivity contribution >= 4 is 33.4 Å². The molecule has 0 spiro atoms. The number of esters is 1. The highest BCUT2D eigenvalue weighted by atomic mass is 32.2. The van der Waals surface area contributed by atoms with Crippen molar-refractivity contribution in [2.45, 2.75) is 71.8 Å². The number of rotatable bonds is 8. The molecule has 40 heavy (non-hydrogen) atoms. The normalized spacial score (nSPS) is 18.2. The predicted molar refractivity (Wildman–Crippen MR) is 160 cm³/mol. The van der Waals surface area contributed by atoms with E-state index in [2.05, 4.69) is 60.6 Å². The average molecular weight is 566 g/mol. The molecule has 214 valence electrons.